The minimum Gasteiger partial charge on any atom is -0.325 e. The topological polar surface area (TPSA) is 44.4 Å². The summed E-state index contributed by atoms with van der Waals surface area (Å²) in [6, 6.07) is 6.78. The van der Waals surface area contributed by atoms with Crippen LogP contribution in [0.2, 0.25) is 0 Å². The van der Waals surface area contributed by atoms with Crippen LogP contribution in [-0.4, -0.2) is 48.8 Å². The maximum Gasteiger partial charge on any atom is 0.288 e. The Hall–Kier alpha value is -1.18. The molecule has 21 heavy (non-hydrogen) atoms. The highest BCUT2D eigenvalue weighted by molar-refractivity contribution is 7.99. The van der Waals surface area contributed by atoms with Crippen molar-refractivity contribution in [1.29, 1.82) is 0 Å². The molecule has 0 aliphatic carbocycles. The fraction of sp³-hybridized carbons (Fsp3) is 0.500. The van der Waals surface area contributed by atoms with Crippen LogP contribution in [0.1, 0.15) is 6.92 Å². The molecule has 116 valence electrons. The third-order valence-corrected chi connectivity index (χ3v) is 4.07. The number of nitrogens with one attached hydrogen (secondary N) is 2. The van der Waals surface area contributed by atoms with Gasteiger partial charge in [0.2, 0.25) is 5.91 Å². The Morgan fingerprint density at radius 1 is 1.48 bits per heavy atom. The van der Waals surface area contributed by atoms with Crippen molar-refractivity contribution in [2.24, 2.45) is 0 Å². The van der Waals surface area contributed by atoms with E-state index in [1.165, 1.54) is 0 Å². The first-order valence-electron chi connectivity index (χ1n) is 6.84. The molecule has 1 heterocycles. The molecular formula is C14H19F2N3OS. The molecule has 2 rings (SSSR count). The molecule has 1 aromatic rings. The van der Waals surface area contributed by atoms with E-state index in [-0.39, 0.29) is 5.91 Å². The molecule has 7 heteroatoms. The molecule has 1 aromatic carbocycles. The predicted molar refractivity (Wildman–Crippen MR) is 80.8 cm³/mol. The number of anilines is 1. The molecule has 0 spiro atoms. The van der Waals surface area contributed by atoms with Gasteiger partial charge in [-0.3, -0.25) is 9.69 Å². The minimum atomic E-state index is -2.43. The fourth-order valence-corrected chi connectivity index (χ4v) is 2.72. The Morgan fingerprint density at radius 3 is 2.81 bits per heavy atom. The molecule has 2 N–H and O–H groups in total. The van der Waals surface area contributed by atoms with Gasteiger partial charge in [0.1, 0.15) is 0 Å². The van der Waals surface area contributed by atoms with Crippen molar-refractivity contribution in [2.45, 2.75) is 23.6 Å². The fourth-order valence-electron chi connectivity index (χ4n) is 2.22. The maximum absolute atomic E-state index is 12.2. The number of amides is 1. The van der Waals surface area contributed by atoms with Gasteiger partial charge in [-0.25, -0.2) is 0 Å². The number of carbonyl (C=O) groups excluding carboxylic acids is 1. The highest BCUT2D eigenvalue weighted by Gasteiger charge is 2.20. The highest BCUT2D eigenvalue weighted by Crippen LogP contribution is 2.26. The molecule has 0 bridgehead atoms. The Labute approximate surface area is 127 Å². The smallest absolute Gasteiger partial charge is 0.288 e. The SMILES string of the molecule is C[C@H]1CNCCN1CC(=O)Nc1ccc(SC(F)F)cc1. The Morgan fingerprint density at radius 2 is 2.19 bits per heavy atom. The predicted octanol–water partition coefficient (Wildman–Crippen LogP) is 2.23. The molecule has 1 saturated heterocycles. The van der Waals surface area contributed by atoms with Crippen LogP contribution in [0.5, 0.6) is 0 Å². The summed E-state index contributed by atoms with van der Waals surface area (Å²) in [5.41, 5.74) is 0.626. The molecule has 0 saturated carbocycles. The molecule has 1 aliphatic rings. The van der Waals surface area contributed by atoms with Crippen LogP contribution >= 0.6 is 11.8 Å². The second-order valence-corrected chi connectivity index (χ2v) is 6.04. The van der Waals surface area contributed by atoms with Gasteiger partial charge in [-0.2, -0.15) is 8.78 Å². The quantitative estimate of drug-likeness (QED) is 0.818. The van der Waals surface area contributed by atoms with E-state index in [0.29, 0.717) is 34.9 Å². The average molecular weight is 315 g/mol. The van der Waals surface area contributed by atoms with Crippen LogP contribution in [0.15, 0.2) is 29.2 Å². The summed E-state index contributed by atoms with van der Waals surface area (Å²) in [6.45, 7) is 5.04. The molecular weight excluding hydrogens is 296 g/mol. The lowest BCUT2D eigenvalue weighted by Gasteiger charge is -2.33. The van der Waals surface area contributed by atoms with Crippen molar-refractivity contribution >= 4 is 23.4 Å². The average Bonchev–Trinajstić information content (AvgIpc) is 2.43. The lowest BCUT2D eigenvalue weighted by molar-refractivity contribution is -0.118. The molecule has 4 nitrogen and oxygen atoms in total. The van der Waals surface area contributed by atoms with Gasteiger partial charge in [0, 0.05) is 36.3 Å². The molecule has 0 unspecified atom stereocenters. The van der Waals surface area contributed by atoms with Crippen molar-refractivity contribution in [3.63, 3.8) is 0 Å². The van der Waals surface area contributed by atoms with Crippen LogP contribution in [0, 0.1) is 0 Å². The van der Waals surface area contributed by atoms with Crippen LogP contribution in [0.4, 0.5) is 14.5 Å². The van der Waals surface area contributed by atoms with E-state index >= 15 is 0 Å². The van der Waals surface area contributed by atoms with Crippen LogP contribution in [0.3, 0.4) is 0 Å². The zero-order valence-electron chi connectivity index (χ0n) is 11.8. The number of halogens is 2. The van der Waals surface area contributed by atoms with Gasteiger partial charge in [0.05, 0.1) is 6.54 Å². The van der Waals surface area contributed by atoms with E-state index in [4.69, 9.17) is 0 Å². The zero-order chi connectivity index (χ0) is 15.2. The molecule has 0 radical (unpaired) electrons. The van der Waals surface area contributed by atoms with E-state index < -0.39 is 5.76 Å². The number of nitrogens with zero attached hydrogens (tertiary/aromatic N) is 1. The van der Waals surface area contributed by atoms with E-state index in [2.05, 4.69) is 22.5 Å². The van der Waals surface area contributed by atoms with Gasteiger partial charge in [-0.05, 0) is 31.2 Å². The van der Waals surface area contributed by atoms with E-state index in [1.54, 1.807) is 24.3 Å². The Kier molecular flexibility index (Phi) is 5.96. The van der Waals surface area contributed by atoms with Crippen molar-refractivity contribution in [1.82, 2.24) is 10.2 Å². The minimum absolute atomic E-state index is 0.0852. The normalized spacial score (nSPS) is 19.7. The number of carbonyl (C=O) groups is 1. The third-order valence-electron chi connectivity index (χ3n) is 3.35. The second kappa shape index (κ2) is 7.72. The number of rotatable bonds is 5. The van der Waals surface area contributed by atoms with Crippen molar-refractivity contribution < 1.29 is 13.6 Å². The maximum atomic E-state index is 12.2. The number of hydrogen-bond donors (Lipinski definition) is 2. The summed E-state index contributed by atoms with van der Waals surface area (Å²) in [4.78, 5) is 14.6. The lowest BCUT2D eigenvalue weighted by Crippen LogP contribution is -2.51. The van der Waals surface area contributed by atoms with Crippen LogP contribution in [-0.2, 0) is 4.79 Å². The van der Waals surface area contributed by atoms with Gasteiger partial charge >= 0.3 is 0 Å². The van der Waals surface area contributed by atoms with Crippen molar-refractivity contribution in [3.05, 3.63) is 24.3 Å². The Bertz CT molecular complexity index is 470. The lowest BCUT2D eigenvalue weighted by atomic mass is 10.2. The summed E-state index contributed by atoms with van der Waals surface area (Å²) in [6.07, 6.45) is 0. The number of alkyl halides is 2. The Balaban J connectivity index is 1.84. The zero-order valence-corrected chi connectivity index (χ0v) is 12.6. The summed E-state index contributed by atoms with van der Waals surface area (Å²) in [7, 11) is 0. The van der Waals surface area contributed by atoms with E-state index in [1.807, 2.05) is 0 Å². The largest absolute Gasteiger partial charge is 0.325 e. The number of benzene rings is 1. The van der Waals surface area contributed by atoms with E-state index in [9.17, 15) is 13.6 Å². The van der Waals surface area contributed by atoms with Gasteiger partial charge in [0.15, 0.2) is 0 Å². The standard InChI is InChI=1S/C14H19F2N3OS/c1-10-8-17-6-7-19(10)9-13(20)18-11-2-4-12(5-3-11)21-14(15)16/h2-5,10,14,17H,6-9H2,1H3,(H,18,20)/t10-/m0/s1. The summed E-state index contributed by atoms with van der Waals surface area (Å²) in [5, 5.41) is 6.06. The molecule has 1 aliphatic heterocycles. The number of thioether (sulfide) groups is 1. The van der Waals surface area contributed by atoms with Crippen molar-refractivity contribution in [3.8, 4) is 0 Å². The third kappa shape index (κ3) is 5.26. The van der Waals surface area contributed by atoms with Gasteiger partial charge in [-0.1, -0.05) is 11.8 Å². The first-order valence-corrected chi connectivity index (χ1v) is 7.72. The van der Waals surface area contributed by atoms with Gasteiger partial charge in [-0.15, -0.1) is 0 Å². The van der Waals surface area contributed by atoms with Crippen LogP contribution < -0.4 is 10.6 Å². The number of hydrogen-bond acceptors (Lipinski definition) is 4. The molecule has 1 atom stereocenters. The first-order chi connectivity index (χ1) is 10.0. The summed E-state index contributed by atoms with van der Waals surface area (Å²) < 4.78 is 24.4. The van der Waals surface area contributed by atoms with Crippen molar-refractivity contribution in [2.75, 3.05) is 31.5 Å². The summed E-state index contributed by atoms with van der Waals surface area (Å²) >= 11 is 0.494. The molecule has 1 amide bonds. The summed E-state index contributed by atoms with van der Waals surface area (Å²) in [5.74, 6) is -2.52. The molecule has 1 fully saturated rings. The second-order valence-electron chi connectivity index (χ2n) is 4.97. The monoisotopic (exact) mass is 315 g/mol. The highest BCUT2D eigenvalue weighted by atomic mass is 32.2. The van der Waals surface area contributed by atoms with Gasteiger partial charge in [0.25, 0.3) is 5.76 Å². The number of piperazine rings is 1. The first kappa shape index (κ1) is 16.2. The molecule has 0 aromatic heterocycles. The van der Waals surface area contributed by atoms with Crippen LogP contribution in [0.25, 0.3) is 0 Å². The van der Waals surface area contributed by atoms with Gasteiger partial charge < -0.3 is 10.6 Å². The van der Waals surface area contributed by atoms with E-state index in [0.717, 1.165) is 19.6 Å².